The van der Waals surface area contributed by atoms with E-state index in [4.69, 9.17) is 9.26 Å². The minimum Gasteiger partial charge on any atom is -0.490 e. The summed E-state index contributed by atoms with van der Waals surface area (Å²) in [5, 5.41) is 6.97. The maximum atomic E-state index is 12.5. The van der Waals surface area contributed by atoms with E-state index >= 15 is 0 Å². The molecule has 30 heavy (non-hydrogen) atoms. The van der Waals surface area contributed by atoms with Crippen LogP contribution in [0.3, 0.4) is 0 Å². The topological polar surface area (TPSA) is 67.6 Å². The van der Waals surface area contributed by atoms with Crippen LogP contribution in [0.2, 0.25) is 0 Å². The Labute approximate surface area is 176 Å². The number of rotatable bonds is 8. The number of ether oxygens (including phenoxy) is 1. The van der Waals surface area contributed by atoms with Gasteiger partial charge in [-0.3, -0.25) is 9.69 Å². The molecule has 1 aromatic heterocycles. The summed E-state index contributed by atoms with van der Waals surface area (Å²) in [6.07, 6.45) is 4.48. The van der Waals surface area contributed by atoms with Crippen molar-refractivity contribution in [2.24, 2.45) is 0 Å². The van der Waals surface area contributed by atoms with Gasteiger partial charge in [0.15, 0.2) is 0 Å². The van der Waals surface area contributed by atoms with E-state index in [2.05, 4.69) is 27.5 Å². The van der Waals surface area contributed by atoms with Crippen LogP contribution in [-0.2, 0) is 13.0 Å². The van der Waals surface area contributed by atoms with Gasteiger partial charge >= 0.3 is 0 Å². The zero-order chi connectivity index (χ0) is 20.6. The van der Waals surface area contributed by atoms with Crippen LogP contribution in [0.25, 0.3) is 0 Å². The SMILES string of the molecule is O=C(NCCc1ccccc1)c1cccc(OC2CCN(Cc3ccon3)CC2)c1. The average Bonchev–Trinajstić information content (AvgIpc) is 3.29. The number of amides is 1. The number of likely N-dealkylation sites (tertiary alicyclic amines) is 1. The highest BCUT2D eigenvalue weighted by molar-refractivity contribution is 5.94. The zero-order valence-corrected chi connectivity index (χ0v) is 17.0. The van der Waals surface area contributed by atoms with Crippen molar-refractivity contribution in [2.45, 2.75) is 31.9 Å². The Bertz CT molecular complexity index is 920. The molecule has 0 spiro atoms. The normalized spacial score (nSPS) is 15.1. The van der Waals surface area contributed by atoms with Crippen molar-refractivity contribution in [1.82, 2.24) is 15.4 Å². The molecule has 6 heteroatoms. The van der Waals surface area contributed by atoms with E-state index in [-0.39, 0.29) is 12.0 Å². The molecule has 4 rings (SSSR count). The fourth-order valence-corrected chi connectivity index (χ4v) is 3.70. The molecule has 1 amide bonds. The maximum Gasteiger partial charge on any atom is 0.251 e. The number of nitrogens with zero attached hydrogens (tertiary/aromatic N) is 2. The Morgan fingerprint density at radius 2 is 1.93 bits per heavy atom. The average molecular weight is 405 g/mol. The minimum atomic E-state index is -0.0705. The molecule has 1 aliphatic heterocycles. The van der Waals surface area contributed by atoms with Crippen molar-refractivity contribution in [2.75, 3.05) is 19.6 Å². The Hall–Kier alpha value is -3.12. The molecule has 0 radical (unpaired) electrons. The van der Waals surface area contributed by atoms with Crippen LogP contribution in [0.5, 0.6) is 5.75 Å². The number of carbonyl (C=O) groups is 1. The first-order chi connectivity index (χ1) is 14.8. The number of benzene rings is 2. The van der Waals surface area contributed by atoms with Crippen molar-refractivity contribution in [3.63, 3.8) is 0 Å². The molecule has 2 aromatic carbocycles. The molecule has 0 atom stereocenters. The molecule has 1 fully saturated rings. The molecule has 0 saturated carbocycles. The van der Waals surface area contributed by atoms with Crippen LogP contribution < -0.4 is 10.1 Å². The van der Waals surface area contributed by atoms with Gasteiger partial charge in [0.1, 0.15) is 18.1 Å². The summed E-state index contributed by atoms with van der Waals surface area (Å²) in [5.74, 6) is 0.680. The summed E-state index contributed by atoms with van der Waals surface area (Å²) in [6.45, 7) is 3.33. The number of hydrogen-bond donors (Lipinski definition) is 1. The highest BCUT2D eigenvalue weighted by Gasteiger charge is 2.21. The highest BCUT2D eigenvalue weighted by Crippen LogP contribution is 2.21. The quantitative estimate of drug-likeness (QED) is 0.619. The van der Waals surface area contributed by atoms with E-state index in [1.165, 1.54) is 5.56 Å². The lowest BCUT2D eigenvalue weighted by Crippen LogP contribution is -2.37. The Balaban J connectivity index is 1.23. The van der Waals surface area contributed by atoms with Crippen molar-refractivity contribution < 1.29 is 14.1 Å². The summed E-state index contributed by atoms with van der Waals surface area (Å²) in [4.78, 5) is 14.8. The van der Waals surface area contributed by atoms with Crippen molar-refractivity contribution in [3.8, 4) is 5.75 Å². The molecule has 6 nitrogen and oxygen atoms in total. The summed E-state index contributed by atoms with van der Waals surface area (Å²) < 4.78 is 11.1. The molecule has 1 aliphatic rings. The summed E-state index contributed by atoms with van der Waals surface area (Å²) in [5.41, 5.74) is 2.80. The third-order valence-corrected chi connectivity index (χ3v) is 5.35. The van der Waals surface area contributed by atoms with Gasteiger partial charge in [0.05, 0.1) is 5.69 Å². The first-order valence-electron chi connectivity index (χ1n) is 10.5. The molecule has 1 N–H and O–H groups in total. The number of piperidine rings is 1. The van der Waals surface area contributed by atoms with Crippen LogP contribution in [0.1, 0.15) is 34.5 Å². The molecular weight excluding hydrogens is 378 g/mol. The smallest absolute Gasteiger partial charge is 0.251 e. The van der Waals surface area contributed by atoms with E-state index in [0.29, 0.717) is 12.1 Å². The molecule has 0 aliphatic carbocycles. The van der Waals surface area contributed by atoms with Crippen molar-refractivity contribution >= 4 is 5.91 Å². The molecule has 0 bridgehead atoms. The molecule has 1 saturated heterocycles. The van der Waals surface area contributed by atoms with Crippen molar-refractivity contribution in [3.05, 3.63) is 83.7 Å². The van der Waals surface area contributed by atoms with E-state index < -0.39 is 0 Å². The Kier molecular flexibility index (Phi) is 6.77. The number of hydrogen-bond acceptors (Lipinski definition) is 5. The third kappa shape index (κ3) is 5.70. The monoisotopic (exact) mass is 405 g/mol. The predicted octanol–water partition coefficient (Wildman–Crippen LogP) is 3.69. The summed E-state index contributed by atoms with van der Waals surface area (Å²) >= 11 is 0. The van der Waals surface area contributed by atoms with Gasteiger partial charge in [-0.2, -0.15) is 0 Å². The van der Waals surface area contributed by atoms with Gasteiger partial charge in [-0.05, 0) is 43.0 Å². The van der Waals surface area contributed by atoms with E-state index in [1.807, 2.05) is 48.5 Å². The second kappa shape index (κ2) is 10.1. The van der Waals surface area contributed by atoms with Crippen LogP contribution in [0.4, 0.5) is 0 Å². The summed E-state index contributed by atoms with van der Waals surface area (Å²) in [6, 6.07) is 19.5. The van der Waals surface area contributed by atoms with E-state index in [1.54, 1.807) is 6.26 Å². The van der Waals surface area contributed by atoms with Gasteiger partial charge in [0.2, 0.25) is 0 Å². The third-order valence-electron chi connectivity index (χ3n) is 5.35. The largest absolute Gasteiger partial charge is 0.490 e. The lowest BCUT2D eigenvalue weighted by atomic mass is 10.1. The fourth-order valence-electron chi connectivity index (χ4n) is 3.70. The number of carbonyl (C=O) groups excluding carboxylic acids is 1. The molecule has 2 heterocycles. The van der Waals surface area contributed by atoms with E-state index in [0.717, 1.165) is 50.3 Å². The van der Waals surface area contributed by atoms with Gasteiger partial charge in [-0.25, -0.2) is 0 Å². The Morgan fingerprint density at radius 3 is 2.70 bits per heavy atom. The maximum absolute atomic E-state index is 12.5. The highest BCUT2D eigenvalue weighted by atomic mass is 16.5. The lowest BCUT2D eigenvalue weighted by molar-refractivity contribution is 0.0931. The van der Waals surface area contributed by atoms with Crippen LogP contribution >= 0.6 is 0 Å². The fraction of sp³-hybridized carbons (Fsp3) is 0.333. The predicted molar refractivity (Wildman–Crippen MR) is 114 cm³/mol. The van der Waals surface area contributed by atoms with Crippen molar-refractivity contribution in [1.29, 1.82) is 0 Å². The molecule has 156 valence electrons. The van der Waals surface area contributed by atoms with Gasteiger partial charge in [-0.1, -0.05) is 41.6 Å². The summed E-state index contributed by atoms with van der Waals surface area (Å²) in [7, 11) is 0. The second-order valence-electron chi connectivity index (χ2n) is 7.60. The number of nitrogens with one attached hydrogen (secondary N) is 1. The van der Waals surface area contributed by atoms with E-state index in [9.17, 15) is 4.79 Å². The molecular formula is C24H27N3O3. The lowest BCUT2D eigenvalue weighted by Gasteiger charge is -2.31. The van der Waals surface area contributed by atoms with Crippen LogP contribution in [0, 0.1) is 0 Å². The van der Waals surface area contributed by atoms with Gasteiger partial charge in [0, 0.05) is 37.8 Å². The zero-order valence-electron chi connectivity index (χ0n) is 17.0. The van der Waals surface area contributed by atoms with Crippen LogP contribution in [-0.4, -0.2) is 41.7 Å². The Morgan fingerprint density at radius 1 is 1.10 bits per heavy atom. The standard InChI is InChI=1S/C24H27N3O3/c28-24(25-13-9-19-5-2-1-3-6-19)20-7-4-8-23(17-20)30-22-10-14-27(15-11-22)18-21-12-16-29-26-21/h1-8,12,16-17,22H,9-11,13-15,18H2,(H,25,28). The molecule has 0 unspecified atom stereocenters. The first-order valence-corrected chi connectivity index (χ1v) is 10.5. The van der Waals surface area contributed by atoms with Crippen LogP contribution in [0.15, 0.2) is 71.4 Å². The first kappa shape index (κ1) is 20.2. The minimum absolute atomic E-state index is 0.0705. The van der Waals surface area contributed by atoms with Gasteiger partial charge in [0.25, 0.3) is 5.91 Å². The van der Waals surface area contributed by atoms with Gasteiger partial charge in [-0.15, -0.1) is 0 Å². The second-order valence-corrected chi connectivity index (χ2v) is 7.60. The van der Waals surface area contributed by atoms with Gasteiger partial charge < -0.3 is 14.6 Å². The number of aromatic nitrogens is 1. The molecule has 3 aromatic rings.